The molecule has 0 saturated heterocycles. The van der Waals surface area contributed by atoms with Gasteiger partial charge in [0.15, 0.2) is 5.78 Å². The van der Waals surface area contributed by atoms with Crippen LogP contribution in [0.3, 0.4) is 0 Å². The predicted octanol–water partition coefficient (Wildman–Crippen LogP) is 3.04. The lowest BCUT2D eigenvalue weighted by Crippen LogP contribution is -2.29. The van der Waals surface area contributed by atoms with Crippen LogP contribution in [0.25, 0.3) is 0 Å². The van der Waals surface area contributed by atoms with Gasteiger partial charge in [-0.05, 0) is 30.7 Å². The molecule has 1 aliphatic carbocycles. The zero-order valence-electron chi connectivity index (χ0n) is 10.1. The van der Waals surface area contributed by atoms with E-state index < -0.39 is 6.04 Å². The van der Waals surface area contributed by atoms with Gasteiger partial charge < -0.3 is 5.73 Å². The summed E-state index contributed by atoms with van der Waals surface area (Å²) < 4.78 is 0. The Kier molecular flexibility index (Phi) is 3.75. The average molecular weight is 229 g/mol. The number of Topliss-reactive ketones (excluding diaryl/α,β-unsaturated/α-hetero) is 1. The third-order valence-electron chi connectivity index (χ3n) is 3.53. The zero-order chi connectivity index (χ0) is 12.3. The van der Waals surface area contributed by atoms with Crippen molar-refractivity contribution in [3.05, 3.63) is 48.0 Å². The van der Waals surface area contributed by atoms with Gasteiger partial charge in [-0.3, -0.25) is 4.79 Å². The van der Waals surface area contributed by atoms with Gasteiger partial charge in [0.2, 0.25) is 0 Å². The van der Waals surface area contributed by atoms with Crippen molar-refractivity contribution in [2.45, 2.75) is 37.6 Å². The minimum atomic E-state index is -0.456. The fourth-order valence-corrected chi connectivity index (χ4v) is 2.16. The first-order valence-electron chi connectivity index (χ1n) is 6.23. The average Bonchev–Trinajstić information content (AvgIpc) is 2.27. The minimum Gasteiger partial charge on any atom is -0.321 e. The van der Waals surface area contributed by atoms with Gasteiger partial charge in [0.1, 0.15) is 0 Å². The molecule has 0 aliphatic heterocycles. The maximum Gasteiger partial charge on any atom is 0.179 e. The minimum absolute atomic E-state index is 0.00468. The summed E-state index contributed by atoms with van der Waals surface area (Å²) >= 11 is 0. The SMILES string of the molecule is C=CCC(N)C(=O)c1ccc(C2CCC2)cc1. The van der Waals surface area contributed by atoms with Crippen LogP contribution in [0, 0.1) is 0 Å². The van der Waals surface area contributed by atoms with Crippen LogP contribution >= 0.6 is 0 Å². The van der Waals surface area contributed by atoms with Gasteiger partial charge in [-0.1, -0.05) is 36.8 Å². The summed E-state index contributed by atoms with van der Waals surface area (Å²) in [6.07, 6.45) is 6.11. The second kappa shape index (κ2) is 5.28. The number of carbonyl (C=O) groups excluding carboxylic acids is 1. The van der Waals surface area contributed by atoms with Crippen LogP contribution in [-0.4, -0.2) is 11.8 Å². The van der Waals surface area contributed by atoms with Crippen LogP contribution in [0.4, 0.5) is 0 Å². The molecule has 17 heavy (non-hydrogen) atoms. The highest BCUT2D eigenvalue weighted by atomic mass is 16.1. The second-order valence-electron chi connectivity index (χ2n) is 4.74. The molecule has 0 aromatic heterocycles. The molecule has 2 rings (SSSR count). The van der Waals surface area contributed by atoms with Crippen LogP contribution in [-0.2, 0) is 0 Å². The smallest absolute Gasteiger partial charge is 0.179 e. The number of carbonyl (C=O) groups is 1. The highest BCUT2D eigenvalue weighted by Gasteiger charge is 2.20. The van der Waals surface area contributed by atoms with Crippen molar-refractivity contribution < 1.29 is 4.79 Å². The molecule has 1 saturated carbocycles. The number of rotatable bonds is 5. The Morgan fingerprint density at radius 1 is 1.41 bits per heavy atom. The molecule has 2 nitrogen and oxygen atoms in total. The molecule has 1 fully saturated rings. The van der Waals surface area contributed by atoms with Gasteiger partial charge >= 0.3 is 0 Å². The lowest BCUT2D eigenvalue weighted by atomic mass is 9.80. The highest BCUT2D eigenvalue weighted by Crippen LogP contribution is 2.36. The zero-order valence-corrected chi connectivity index (χ0v) is 10.1. The maximum absolute atomic E-state index is 11.9. The fourth-order valence-electron chi connectivity index (χ4n) is 2.16. The summed E-state index contributed by atoms with van der Waals surface area (Å²) in [5.41, 5.74) is 7.84. The van der Waals surface area contributed by atoms with Crippen molar-refractivity contribution in [3.8, 4) is 0 Å². The summed E-state index contributed by atoms with van der Waals surface area (Å²) in [5, 5.41) is 0. The largest absolute Gasteiger partial charge is 0.321 e. The van der Waals surface area contributed by atoms with Crippen molar-refractivity contribution in [1.82, 2.24) is 0 Å². The first-order chi connectivity index (χ1) is 8.22. The Morgan fingerprint density at radius 3 is 2.53 bits per heavy atom. The van der Waals surface area contributed by atoms with E-state index in [4.69, 9.17) is 5.73 Å². The molecule has 0 spiro atoms. The molecular formula is C15H19NO. The lowest BCUT2D eigenvalue weighted by molar-refractivity contribution is 0.0962. The van der Waals surface area contributed by atoms with E-state index in [1.165, 1.54) is 24.8 Å². The molecule has 0 radical (unpaired) electrons. The van der Waals surface area contributed by atoms with E-state index in [9.17, 15) is 4.79 Å². The van der Waals surface area contributed by atoms with E-state index in [-0.39, 0.29) is 5.78 Å². The molecule has 90 valence electrons. The molecular weight excluding hydrogens is 210 g/mol. The monoisotopic (exact) mass is 229 g/mol. The van der Waals surface area contributed by atoms with Crippen LogP contribution < -0.4 is 5.73 Å². The van der Waals surface area contributed by atoms with Crippen molar-refractivity contribution in [1.29, 1.82) is 0 Å². The van der Waals surface area contributed by atoms with E-state index >= 15 is 0 Å². The van der Waals surface area contributed by atoms with Crippen LogP contribution in [0.5, 0.6) is 0 Å². The van der Waals surface area contributed by atoms with Gasteiger partial charge in [-0.25, -0.2) is 0 Å². The Morgan fingerprint density at radius 2 is 2.06 bits per heavy atom. The second-order valence-corrected chi connectivity index (χ2v) is 4.74. The van der Waals surface area contributed by atoms with Crippen LogP contribution in [0.2, 0.25) is 0 Å². The summed E-state index contributed by atoms with van der Waals surface area (Å²) in [6.45, 7) is 3.60. The molecule has 2 N–H and O–H groups in total. The van der Waals surface area contributed by atoms with Gasteiger partial charge in [0, 0.05) is 5.56 Å². The Hall–Kier alpha value is -1.41. The Labute approximate surface area is 103 Å². The van der Waals surface area contributed by atoms with Crippen LogP contribution in [0.15, 0.2) is 36.9 Å². The van der Waals surface area contributed by atoms with Gasteiger partial charge in [0.05, 0.1) is 6.04 Å². The number of benzene rings is 1. The van der Waals surface area contributed by atoms with Crippen molar-refractivity contribution in [3.63, 3.8) is 0 Å². The molecule has 0 bridgehead atoms. The van der Waals surface area contributed by atoms with Crippen molar-refractivity contribution >= 4 is 5.78 Å². The molecule has 2 heteroatoms. The maximum atomic E-state index is 11.9. The third-order valence-corrected chi connectivity index (χ3v) is 3.53. The quantitative estimate of drug-likeness (QED) is 0.623. The summed E-state index contributed by atoms with van der Waals surface area (Å²) in [4.78, 5) is 11.9. The summed E-state index contributed by atoms with van der Waals surface area (Å²) in [7, 11) is 0. The third kappa shape index (κ3) is 2.64. The summed E-state index contributed by atoms with van der Waals surface area (Å²) in [6, 6.07) is 7.48. The molecule has 1 unspecified atom stereocenters. The normalized spacial score (nSPS) is 17.2. The summed E-state index contributed by atoms with van der Waals surface area (Å²) in [5.74, 6) is 0.714. The molecule has 1 aromatic carbocycles. The van der Waals surface area contributed by atoms with E-state index in [2.05, 4.69) is 18.7 Å². The number of hydrogen-bond acceptors (Lipinski definition) is 2. The highest BCUT2D eigenvalue weighted by molar-refractivity contribution is 6.00. The molecule has 1 aliphatic rings. The van der Waals surface area contributed by atoms with Crippen molar-refractivity contribution in [2.75, 3.05) is 0 Å². The van der Waals surface area contributed by atoms with E-state index in [1.807, 2.05) is 12.1 Å². The van der Waals surface area contributed by atoms with Crippen LogP contribution in [0.1, 0.15) is 47.5 Å². The van der Waals surface area contributed by atoms with Gasteiger partial charge in [0.25, 0.3) is 0 Å². The van der Waals surface area contributed by atoms with E-state index in [0.29, 0.717) is 17.9 Å². The number of hydrogen-bond donors (Lipinski definition) is 1. The Balaban J connectivity index is 2.06. The topological polar surface area (TPSA) is 43.1 Å². The van der Waals surface area contributed by atoms with Gasteiger partial charge in [-0.2, -0.15) is 0 Å². The fraction of sp³-hybridized carbons (Fsp3) is 0.400. The lowest BCUT2D eigenvalue weighted by Gasteiger charge is -2.25. The van der Waals surface area contributed by atoms with E-state index in [0.717, 1.165) is 0 Å². The Bertz CT molecular complexity index is 403. The molecule has 0 amide bonds. The van der Waals surface area contributed by atoms with Crippen molar-refractivity contribution in [2.24, 2.45) is 5.73 Å². The predicted molar refractivity (Wildman–Crippen MR) is 70.2 cm³/mol. The van der Waals surface area contributed by atoms with Gasteiger partial charge in [-0.15, -0.1) is 6.58 Å². The number of nitrogens with two attached hydrogens (primary N) is 1. The van der Waals surface area contributed by atoms with E-state index in [1.54, 1.807) is 6.08 Å². The molecule has 1 aromatic rings. The molecule has 1 atom stereocenters. The standard InChI is InChI=1S/C15H19NO/c1-2-4-14(16)15(17)13-9-7-12(8-10-13)11-5-3-6-11/h2,7-11,14H,1,3-6,16H2. The first-order valence-corrected chi connectivity index (χ1v) is 6.23. The number of ketones is 1. The first kappa shape index (κ1) is 12.1. The molecule has 0 heterocycles.